The fourth-order valence-corrected chi connectivity index (χ4v) is 2.95. The molecule has 1 aliphatic heterocycles. The molecule has 1 aromatic carbocycles. The van der Waals surface area contributed by atoms with Gasteiger partial charge in [-0.25, -0.2) is 4.79 Å². The Hall–Kier alpha value is -2.33. The Morgan fingerprint density at radius 3 is 2.93 bits per heavy atom. The Morgan fingerprint density at radius 1 is 1.44 bits per heavy atom. The first-order valence-corrected chi connectivity index (χ1v) is 8.39. The van der Waals surface area contributed by atoms with Gasteiger partial charge in [-0.3, -0.25) is 4.90 Å². The van der Waals surface area contributed by atoms with E-state index in [0.717, 1.165) is 5.56 Å². The van der Waals surface area contributed by atoms with Crippen LogP contribution in [0.15, 0.2) is 22.7 Å². The maximum atomic E-state index is 12.3. The lowest BCUT2D eigenvalue weighted by Gasteiger charge is -2.13. The molecule has 1 amide bonds. The zero-order valence-electron chi connectivity index (χ0n) is 14.5. The number of aromatic nitrogens is 1. The predicted molar refractivity (Wildman–Crippen MR) is 88.5 cm³/mol. The molecule has 1 N–H and O–H groups in total. The largest absolute Gasteiger partial charge is 0.441 e. The number of hydrogen-bond acceptors (Lipinski definition) is 6. The molecule has 148 valence electrons. The summed E-state index contributed by atoms with van der Waals surface area (Å²) in [5.41, 5.74) is 1.17. The van der Waals surface area contributed by atoms with Crippen molar-refractivity contribution in [1.29, 1.82) is 0 Å². The normalized spacial score (nSPS) is 18.9. The maximum absolute atomic E-state index is 12.3. The molecule has 1 fully saturated rings. The molecule has 7 nitrogen and oxygen atoms in total. The Bertz CT molecular complexity index is 807. The number of halogens is 3. The molecule has 0 saturated carbocycles. The van der Waals surface area contributed by atoms with Gasteiger partial charge in [-0.2, -0.15) is 13.2 Å². The van der Waals surface area contributed by atoms with Crippen LogP contribution in [0.1, 0.15) is 18.4 Å². The molecule has 2 heterocycles. The first-order chi connectivity index (χ1) is 12.8. The molecule has 0 aliphatic carbocycles. The lowest BCUT2D eigenvalue weighted by atomic mass is 10.0. The number of carbonyl (C=O) groups is 1. The lowest BCUT2D eigenvalue weighted by molar-refractivity contribution is -0.205. The van der Waals surface area contributed by atoms with Crippen LogP contribution in [0, 0.1) is 0 Å². The van der Waals surface area contributed by atoms with Gasteiger partial charge in [0, 0.05) is 7.11 Å². The second kappa shape index (κ2) is 7.73. The summed E-state index contributed by atoms with van der Waals surface area (Å²) in [4.78, 5) is 13.4. The number of fused-ring (bicyclic) bond motifs is 1. The number of alkyl halides is 3. The monoisotopic (exact) mass is 388 g/mol. The summed E-state index contributed by atoms with van der Waals surface area (Å²) >= 11 is 0. The van der Waals surface area contributed by atoms with Crippen molar-refractivity contribution < 1.29 is 37.1 Å². The number of amides is 1. The Balaban J connectivity index is 1.67. The van der Waals surface area contributed by atoms with E-state index in [0.29, 0.717) is 23.2 Å². The van der Waals surface area contributed by atoms with E-state index in [-0.39, 0.29) is 26.0 Å². The highest BCUT2D eigenvalue weighted by Gasteiger charge is 2.37. The molecule has 0 radical (unpaired) electrons. The van der Waals surface area contributed by atoms with E-state index in [1.165, 1.54) is 12.0 Å². The number of benzene rings is 1. The third-order valence-electron chi connectivity index (χ3n) is 4.32. The summed E-state index contributed by atoms with van der Waals surface area (Å²) in [5.74, 6) is 0.327. The number of rotatable bonds is 7. The highest BCUT2D eigenvalue weighted by Crippen LogP contribution is 2.30. The molecular formula is C17H19F3N2O5. The van der Waals surface area contributed by atoms with Crippen LogP contribution in [-0.4, -0.2) is 55.0 Å². The van der Waals surface area contributed by atoms with Gasteiger partial charge in [-0.05, 0) is 37.0 Å². The van der Waals surface area contributed by atoms with Crippen LogP contribution in [-0.2, 0) is 15.9 Å². The van der Waals surface area contributed by atoms with Gasteiger partial charge in [0.15, 0.2) is 11.4 Å². The number of carbonyl (C=O) groups excluding carboxylic acids is 1. The van der Waals surface area contributed by atoms with Crippen molar-refractivity contribution in [3.8, 4) is 0 Å². The van der Waals surface area contributed by atoms with Crippen LogP contribution in [0.25, 0.3) is 11.0 Å². The van der Waals surface area contributed by atoms with Crippen molar-refractivity contribution in [3.05, 3.63) is 23.8 Å². The van der Waals surface area contributed by atoms with E-state index in [1.807, 2.05) is 0 Å². The van der Waals surface area contributed by atoms with E-state index in [9.17, 15) is 18.0 Å². The molecule has 0 bridgehead atoms. The third-order valence-corrected chi connectivity index (χ3v) is 4.32. The second-order valence-electron chi connectivity index (χ2n) is 6.36. The highest BCUT2D eigenvalue weighted by molar-refractivity contribution is 5.99. The zero-order valence-corrected chi connectivity index (χ0v) is 14.5. The molecule has 10 heteroatoms. The van der Waals surface area contributed by atoms with Crippen molar-refractivity contribution in [2.75, 3.05) is 25.2 Å². The van der Waals surface area contributed by atoms with Gasteiger partial charge < -0.3 is 19.1 Å². The molecule has 2 atom stereocenters. The number of nitrogens with zero attached hydrogens (tertiary/aromatic N) is 2. The summed E-state index contributed by atoms with van der Waals surface area (Å²) < 4.78 is 52.4. The van der Waals surface area contributed by atoms with Crippen LogP contribution in [0.4, 0.5) is 23.8 Å². The summed E-state index contributed by atoms with van der Waals surface area (Å²) in [5, 5.41) is 13.6. The maximum Gasteiger partial charge on any atom is 0.416 e. The minimum atomic E-state index is -4.60. The summed E-state index contributed by atoms with van der Waals surface area (Å²) in [7, 11) is 1.51. The number of anilines is 1. The van der Waals surface area contributed by atoms with Gasteiger partial charge in [0.2, 0.25) is 0 Å². The number of hydrogen-bond donors (Lipinski definition) is 1. The predicted octanol–water partition coefficient (Wildman–Crippen LogP) is 3.05. The van der Waals surface area contributed by atoms with Crippen molar-refractivity contribution >= 4 is 22.9 Å². The van der Waals surface area contributed by atoms with Gasteiger partial charge in [0.25, 0.3) is 0 Å². The minimum absolute atomic E-state index is 0.171. The molecule has 3 rings (SSSR count). The van der Waals surface area contributed by atoms with Crippen LogP contribution >= 0.6 is 0 Å². The molecule has 0 spiro atoms. The number of ether oxygens (including phenoxy) is 2. The smallest absolute Gasteiger partial charge is 0.416 e. The van der Waals surface area contributed by atoms with Crippen molar-refractivity contribution in [1.82, 2.24) is 5.16 Å². The van der Waals surface area contributed by atoms with Gasteiger partial charge in [0.1, 0.15) is 12.2 Å². The van der Waals surface area contributed by atoms with E-state index in [2.05, 4.69) is 5.16 Å². The van der Waals surface area contributed by atoms with E-state index >= 15 is 0 Å². The van der Waals surface area contributed by atoms with Crippen LogP contribution in [0.2, 0.25) is 0 Å². The minimum Gasteiger partial charge on any atom is -0.441 e. The number of aryl methyl sites for hydroxylation is 1. The Labute approximate surface area is 152 Å². The molecule has 2 aromatic rings. The van der Waals surface area contributed by atoms with Gasteiger partial charge in [-0.1, -0.05) is 11.2 Å². The van der Waals surface area contributed by atoms with Gasteiger partial charge in [0.05, 0.1) is 18.5 Å². The number of methoxy groups -OCH3 is 1. The molecule has 1 aliphatic rings. The first kappa shape index (κ1) is 19.4. The topological polar surface area (TPSA) is 85.0 Å². The molecule has 1 aromatic heterocycles. The molecule has 27 heavy (non-hydrogen) atoms. The number of cyclic esters (lactones) is 1. The molecule has 1 saturated heterocycles. The zero-order chi connectivity index (χ0) is 19.6. The quantitative estimate of drug-likeness (QED) is 0.785. The second-order valence-corrected chi connectivity index (χ2v) is 6.36. The number of aliphatic hydroxyl groups excluding tert-OH is 1. The molecular weight excluding hydrogens is 369 g/mol. The highest BCUT2D eigenvalue weighted by atomic mass is 19.4. The molecule has 0 unspecified atom stereocenters. The van der Waals surface area contributed by atoms with Gasteiger partial charge >= 0.3 is 12.3 Å². The SMILES string of the molecule is COC[C@H]1CN(c2noc3cc(CCC[C@@H](O)C(F)(F)F)ccc23)C(=O)O1. The fraction of sp³-hybridized carbons (Fsp3) is 0.529. The lowest BCUT2D eigenvalue weighted by Crippen LogP contribution is -2.28. The Kier molecular flexibility index (Phi) is 5.56. The average Bonchev–Trinajstić information content (AvgIpc) is 3.17. The van der Waals surface area contributed by atoms with Crippen LogP contribution < -0.4 is 4.90 Å². The van der Waals surface area contributed by atoms with Crippen LogP contribution in [0.5, 0.6) is 0 Å². The Morgan fingerprint density at radius 2 is 2.22 bits per heavy atom. The standard InChI is InChI=1S/C17H19F3N2O5/c1-25-9-11-8-22(16(24)26-11)15-12-6-5-10(7-13(12)27-21-15)3-2-4-14(23)17(18,19)20/h5-7,11,14,23H,2-4,8-9H2,1H3/t11-,14-/m1/s1. The van der Waals surface area contributed by atoms with E-state index in [4.69, 9.17) is 19.1 Å². The van der Waals surface area contributed by atoms with E-state index < -0.39 is 24.5 Å². The van der Waals surface area contributed by atoms with E-state index in [1.54, 1.807) is 18.2 Å². The summed E-state index contributed by atoms with van der Waals surface area (Å²) in [6.45, 7) is 0.553. The average molecular weight is 388 g/mol. The van der Waals surface area contributed by atoms with Crippen LogP contribution in [0.3, 0.4) is 0 Å². The van der Waals surface area contributed by atoms with Crippen molar-refractivity contribution in [2.24, 2.45) is 0 Å². The number of aliphatic hydroxyl groups is 1. The first-order valence-electron chi connectivity index (χ1n) is 8.39. The third kappa shape index (κ3) is 4.33. The van der Waals surface area contributed by atoms with Gasteiger partial charge in [-0.15, -0.1) is 0 Å². The summed E-state index contributed by atoms with van der Waals surface area (Å²) in [6.07, 6.45) is -7.71. The summed E-state index contributed by atoms with van der Waals surface area (Å²) in [6, 6.07) is 5.10. The van der Waals surface area contributed by atoms with Crippen molar-refractivity contribution in [3.63, 3.8) is 0 Å². The van der Waals surface area contributed by atoms with Crippen molar-refractivity contribution in [2.45, 2.75) is 37.6 Å². The fourth-order valence-electron chi connectivity index (χ4n) is 2.95.